The second-order valence-electron chi connectivity index (χ2n) is 4.00. The summed E-state index contributed by atoms with van der Waals surface area (Å²) < 4.78 is 42.7. The molecule has 0 radical (unpaired) electrons. The van der Waals surface area contributed by atoms with Crippen LogP contribution in [0.3, 0.4) is 0 Å². The molecule has 0 atom stereocenters. The molecule has 21 heavy (non-hydrogen) atoms. The third-order valence-corrected chi connectivity index (χ3v) is 2.83. The average molecular weight is 318 g/mol. The lowest BCUT2D eigenvalue weighted by Crippen LogP contribution is -2.04. The summed E-state index contributed by atoms with van der Waals surface area (Å²) in [4.78, 5) is 9.92. The highest BCUT2D eigenvalue weighted by molar-refractivity contribution is 6.32. The second kappa shape index (κ2) is 5.61. The molecule has 0 spiro atoms. The smallest absolute Gasteiger partial charge is 0.416 e. The van der Waals surface area contributed by atoms with E-state index in [0.29, 0.717) is 0 Å². The van der Waals surface area contributed by atoms with E-state index in [1.54, 1.807) is 0 Å². The largest absolute Gasteiger partial charge is 0.456 e. The third kappa shape index (κ3) is 3.63. The molecule has 0 bridgehead atoms. The molecule has 2 aromatic carbocycles. The molecule has 0 saturated heterocycles. The summed E-state index contributed by atoms with van der Waals surface area (Å²) in [5.74, 6) is 0.251. The number of hydrogen-bond donors (Lipinski definition) is 0. The summed E-state index contributed by atoms with van der Waals surface area (Å²) in [6.07, 6.45) is -4.49. The van der Waals surface area contributed by atoms with Crippen LogP contribution in [0.1, 0.15) is 5.56 Å². The van der Waals surface area contributed by atoms with Crippen LogP contribution in [0.4, 0.5) is 18.9 Å². The Morgan fingerprint density at radius 1 is 1.10 bits per heavy atom. The van der Waals surface area contributed by atoms with Crippen LogP contribution >= 0.6 is 11.6 Å². The van der Waals surface area contributed by atoms with E-state index >= 15 is 0 Å². The molecule has 2 rings (SSSR count). The number of alkyl halides is 3. The molecular weight excluding hydrogens is 311 g/mol. The molecule has 0 amide bonds. The Morgan fingerprint density at radius 2 is 1.71 bits per heavy atom. The van der Waals surface area contributed by atoms with Gasteiger partial charge in [-0.2, -0.15) is 13.2 Å². The van der Waals surface area contributed by atoms with Gasteiger partial charge in [0, 0.05) is 12.1 Å². The Morgan fingerprint density at radius 3 is 2.19 bits per heavy atom. The molecule has 0 saturated carbocycles. The Labute approximate surface area is 121 Å². The second-order valence-corrected chi connectivity index (χ2v) is 4.40. The highest BCUT2D eigenvalue weighted by atomic mass is 35.5. The lowest BCUT2D eigenvalue weighted by Gasteiger charge is -2.11. The minimum atomic E-state index is -4.49. The topological polar surface area (TPSA) is 52.4 Å². The maximum Gasteiger partial charge on any atom is 0.416 e. The van der Waals surface area contributed by atoms with Crippen molar-refractivity contribution in [2.75, 3.05) is 0 Å². The number of rotatable bonds is 3. The van der Waals surface area contributed by atoms with Gasteiger partial charge in [-0.1, -0.05) is 11.6 Å². The number of nitro benzene ring substituents is 1. The summed E-state index contributed by atoms with van der Waals surface area (Å²) >= 11 is 5.73. The van der Waals surface area contributed by atoms with E-state index in [1.807, 2.05) is 0 Å². The van der Waals surface area contributed by atoms with E-state index in [4.69, 9.17) is 16.3 Å². The molecule has 0 aromatic heterocycles. The van der Waals surface area contributed by atoms with Gasteiger partial charge in [0.25, 0.3) is 5.69 Å². The number of ether oxygens (including phenoxy) is 1. The molecule has 0 aliphatic rings. The highest BCUT2D eigenvalue weighted by Gasteiger charge is 2.31. The highest BCUT2D eigenvalue weighted by Crippen LogP contribution is 2.36. The van der Waals surface area contributed by atoms with Gasteiger partial charge in [0.1, 0.15) is 11.5 Å². The molecule has 110 valence electrons. The molecule has 2 aromatic rings. The molecule has 0 fully saturated rings. The van der Waals surface area contributed by atoms with Gasteiger partial charge in [-0.05, 0) is 30.3 Å². The van der Waals surface area contributed by atoms with Crippen LogP contribution in [-0.4, -0.2) is 4.92 Å². The van der Waals surface area contributed by atoms with Gasteiger partial charge in [-0.3, -0.25) is 10.1 Å². The van der Waals surface area contributed by atoms with Crippen molar-refractivity contribution in [3.05, 3.63) is 63.2 Å². The quantitative estimate of drug-likeness (QED) is 0.587. The first-order valence-corrected chi connectivity index (χ1v) is 5.94. The zero-order chi connectivity index (χ0) is 15.6. The summed E-state index contributed by atoms with van der Waals surface area (Å²) in [7, 11) is 0. The molecule has 0 aliphatic carbocycles. The van der Waals surface area contributed by atoms with Crippen molar-refractivity contribution in [3.63, 3.8) is 0 Å². The van der Waals surface area contributed by atoms with Crippen molar-refractivity contribution in [2.24, 2.45) is 0 Å². The van der Waals surface area contributed by atoms with Crippen LogP contribution in [0.2, 0.25) is 5.02 Å². The minimum absolute atomic E-state index is 0.0264. The third-order valence-electron chi connectivity index (χ3n) is 2.53. The Kier molecular flexibility index (Phi) is 4.04. The van der Waals surface area contributed by atoms with E-state index < -0.39 is 16.7 Å². The Balaban J connectivity index is 2.22. The fourth-order valence-electron chi connectivity index (χ4n) is 1.52. The van der Waals surface area contributed by atoms with Crippen molar-refractivity contribution in [1.82, 2.24) is 0 Å². The molecule has 0 N–H and O–H groups in total. The van der Waals surface area contributed by atoms with E-state index in [-0.39, 0.29) is 22.2 Å². The van der Waals surface area contributed by atoms with Gasteiger partial charge < -0.3 is 4.74 Å². The lowest BCUT2D eigenvalue weighted by atomic mass is 10.2. The van der Waals surface area contributed by atoms with Crippen LogP contribution in [0.15, 0.2) is 42.5 Å². The number of benzene rings is 2. The maximum absolute atomic E-state index is 12.5. The predicted molar refractivity (Wildman–Crippen MR) is 69.6 cm³/mol. The van der Waals surface area contributed by atoms with Crippen molar-refractivity contribution >= 4 is 17.3 Å². The van der Waals surface area contributed by atoms with Crippen LogP contribution in [-0.2, 0) is 6.18 Å². The standard InChI is InChI=1S/C13H7ClF3NO3/c14-11-7-8(13(15,16)17)1-6-12(11)21-10-4-2-9(3-5-10)18(19)20/h1-7H. The first kappa shape index (κ1) is 15.1. The van der Waals surface area contributed by atoms with Crippen molar-refractivity contribution in [1.29, 1.82) is 0 Å². The molecule has 0 heterocycles. The number of hydrogen-bond acceptors (Lipinski definition) is 3. The summed E-state index contributed by atoms with van der Waals surface area (Å²) in [6.45, 7) is 0. The van der Waals surface area contributed by atoms with E-state index in [1.165, 1.54) is 24.3 Å². The van der Waals surface area contributed by atoms with Crippen LogP contribution in [0.5, 0.6) is 11.5 Å². The number of nitrogens with zero attached hydrogens (tertiary/aromatic N) is 1. The molecule has 8 heteroatoms. The van der Waals surface area contributed by atoms with Crippen molar-refractivity contribution in [3.8, 4) is 11.5 Å². The van der Waals surface area contributed by atoms with E-state index in [2.05, 4.69) is 0 Å². The van der Waals surface area contributed by atoms with Gasteiger partial charge >= 0.3 is 6.18 Å². The zero-order valence-electron chi connectivity index (χ0n) is 10.2. The molecule has 0 aliphatic heterocycles. The molecule has 0 unspecified atom stereocenters. The lowest BCUT2D eigenvalue weighted by molar-refractivity contribution is -0.384. The van der Waals surface area contributed by atoms with Gasteiger partial charge in [0.05, 0.1) is 15.5 Å². The predicted octanol–water partition coefficient (Wildman–Crippen LogP) is 5.06. The minimum Gasteiger partial charge on any atom is -0.456 e. The van der Waals surface area contributed by atoms with Crippen LogP contribution in [0.25, 0.3) is 0 Å². The van der Waals surface area contributed by atoms with Crippen LogP contribution in [0, 0.1) is 10.1 Å². The first-order chi connectivity index (χ1) is 9.77. The monoisotopic (exact) mass is 317 g/mol. The van der Waals surface area contributed by atoms with Crippen molar-refractivity contribution in [2.45, 2.75) is 6.18 Å². The number of non-ortho nitro benzene ring substituents is 1. The maximum atomic E-state index is 12.5. The normalized spacial score (nSPS) is 11.2. The fourth-order valence-corrected chi connectivity index (χ4v) is 1.74. The van der Waals surface area contributed by atoms with E-state index in [0.717, 1.165) is 18.2 Å². The Bertz CT molecular complexity index is 671. The molecular formula is C13H7ClF3NO3. The summed E-state index contributed by atoms with van der Waals surface area (Å²) in [5.41, 5.74) is -1.01. The van der Waals surface area contributed by atoms with Gasteiger partial charge in [-0.15, -0.1) is 0 Å². The van der Waals surface area contributed by atoms with Crippen molar-refractivity contribution < 1.29 is 22.8 Å². The zero-order valence-corrected chi connectivity index (χ0v) is 11.0. The van der Waals surface area contributed by atoms with Gasteiger partial charge in [0.2, 0.25) is 0 Å². The van der Waals surface area contributed by atoms with Crippen LogP contribution < -0.4 is 4.74 Å². The summed E-state index contributed by atoms with van der Waals surface area (Å²) in [6, 6.07) is 7.76. The summed E-state index contributed by atoms with van der Waals surface area (Å²) in [5, 5.41) is 10.3. The number of nitro groups is 1. The number of halogens is 4. The first-order valence-electron chi connectivity index (χ1n) is 5.56. The van der Waals surface area contributed by atoms with Gasteiger partial charge in [0.15, 0.2) is 0 Å². The molecule has 4 nitrogen and oxygen atoms in total. The fraction of sp³-hybridized carbons (Fsp3) is 0.0769. The van der Waals surface area contributed by atoms with E-state index in [9.17, 15) is 23.3 Å². The van der Waals surface area contributed by atoms with Gasteiger partial charge in [-0.25, -0.2) is 0 Å². The Hall–Kier alpha value is -2.28. The SMILES string of the molecule is O=[N+]([O-])c1ccc(Oc2ccc(C(F)(F)F)cc2Cl)cc1. The average Bonchev–Trinajstić information content (AvgIpc) is 2.40.